The molecule has 0 aliphatic heterocycles. The normalized spacial score (nSPS) is 11.6. The molecule has 0 radical (unpaired) electrons. The molecule has 0 bridgehead atoms. The van der Waals surface area contributed by atoms with Gasteiger partial charge in [0.25, 0.3) is 5.91 Å². The van der Waals surface area contributed by atoms with Crippen LogP contribution < -0.4 is 10.9 Å². The first-order valence-electron chi connectivity index (χ1n) is 5.27. The Morgan fingerprint density at radius 1 is 0.941 bits per heavy atom. The molecule has 0 aliphatic carbocycles. The third-order valence-corrected chi connectivity index (χ3v) is 2.12. The average Bonchev–Trinajstić information content (AvgIpc) is 2.10. The van der Waals surface area contributed by atoms with Crippen LogP contribution in [0.1, 0.15) is 41.5 Å². The van der Waals surface area contributed by atoms with Gasteiger partial charge in [-0.1, -0.05) is 0 Å². The molecule has 0 heterocycles. The second-order valence-corrected chi connectivity index (χ2v) is 5.26. The van der Waals surface area contributed by atoms with Crippen LogP contribution >= 0.6 is 0 Å². The van der Waals surface area contributed by atoms with Gasteiger partial charge in [0.15, 0.2) is 0 Å². The lowest BCUT2D eigenvalue weighted by atomic mass is 9.88. The molecule has 6 heteroatoms. The van der Waals surface area contributed by atoms with Crippen LogP contribution in [0.3, 0.4) is 0 Å². The van der Waals surface area contributed by atoms with Crippen molar-refractivity contribution in [2.45, 2.75) is 47.1 Å². The van der Waals surface area contributed by atoms with Crippen molar-refractivity contribution >= 4 is 17.8 Å². The quantitative estimate of drug-likeness (QED) is 0.564. The van der Waals surface area contributed by atoms with Crippen molar-refractivity contribution in [2.75, 3.05) is 0 Å². The number of carbonyl (C=O) groups excluding carboxylic acids is 3. The fourth-order valence-corrected chi connectivity index (χ4v) is 0.728. The van der Waals surface area contributed by atoms with E-state index in [-0.39, 0.29) is 5.78 Å². The van der Waals surface area contributed by atoms with Gasteiger partial charge in [-0.2, -0.15) is 0 Å². The zero-order valence-corrected chi connectivity index (χ0v) is 11.1. The third-order valence-electron chi connectivity index (χ3n) is 2.12. The highest BCUT2D eigenvalue weighted by Gasteiger charge is 2.33. The summed E-state index contributed by atoms with van der Waals surface area (Å²) in [7, 11) is 0. The number of amides is 2. The van der Waals surface area contributed by atoms with Crippen LogP contribution in [-0.2, 0) is 14.3 Å². The minimum absolute atomic E-state index is 0.291. The number of ether oxygens (including phenoxy) is 1. The van der Waals surface area contributed by atoms with Gasteiger partial charge in [0.2, 0.25) is 0 Å². The molecule has 0 unspecified atom stereocenters. The summed E-state index contributed by atoms with van der Waals surface area (Å²) in [6, 6.07) is 0. The predicted octanol–water partition coefficient (Wildman–Crippen LogP) is 1.16. The monoisotopic (exact) mass is 244 g/mol. The number of ketones is 1. The lowest BCUT2D eigenvalue weighted by molar-refractivity contribution is -0.139. The fourth-order valence-electron chi connectivity index (χ4n) is 0.728. The summed E-state index contributed by atoms with van der Waals surface area (Å²) in [4.78, 5) is 34.0. The highest BCUT2D eigenvalue weighted by Crippen LogP contribution is 2.15. The predicted molar refractivity (Wildman–Crippen MR) is 62.0 cm³/mol. The van der Waals surface area contributed by atoms with Crippen molar-refractivity contribution in [1.29, 1.82) is 0 Å². The van der Waals surface area contributed by atoms with E-state index in [1.807, 2.05) is 0 Å². The minimum Gasteiger partial charge on any atom is -0.443 e. The van der Waals surface area contributed by atoms with Crippen molar-refractivity contribution in [3.8, 4) is 0 Å². The van der Waals surface area contributed by atoms with E-state index < -0.39 is 23.0 Å². The molecule has 0 fully saturated rings. The van der Waals surface area contributed by atoms with Crippen LogP contribution in [0, 0.1) is 5.41 Å². The van der Waals surface area contributed by atoms with E-state index in [2.05, 4.69) is 10.9 Å². The molecule has 0 atom stereocenters. The summed E-state index contributed by atoms with van der Waals surface area (Å²) < 4.78 is 4.91. The van der Waals surface area contributed by atoms with Gasteiger partial charge in [-0.05, 0) is 41.5 Å². The Labute approximate surface area is 101 Å². The molecule has 0 aromatic carbocycles. The minimum atomic E-state index is -1.19. The van der Waals surface area contributed by atoms with Gasteiger partial charge in [0, 0.05) is 0 Å². The maximum atomic E-state index is 11.6. The topological polar surface area (TPSA) is 84.5 Å². The Morgan fingerprint density at radius 2 is 1.41 bits per heavy atom. The summed E-state index contributed by atoms with van der Waals surface area (Å²) in [5.74, 6) is -0.878. The zero-order valence-electron chi connectivity index (χ0n) is 11.1. The number of hydrogen-bond donors (Lipinski definition) is 2. The Kier molecular flexibility index (Phi) is 4.68. The number of carbonyl (C=O) groups is 3. The van der Waals surface area contributed by atoms with Crippen LogP contribution in [0.25, 0.3) is 0 Å². The van der Waals surface area contributed by atoms with Gasteiger partial charge in [-0.3, -0.25) is 15.0 Å². The van der Waals surface area contributed by atoms with Crippen LogP contribution in [0.4, 0.5) is 4.79 Å². The Hall–Kier alpha value is -1.59. The van der Waals surface area contributed by atoms with Gasteiger partial charge in [0.1, 0.15) is 16.8 Å². The molecule has 0 aromatic rings. The number of rotatable bonds is 2. The molecule has 2 N–H and O–H groups in total. The molecule has 0 spiro atoms. The summed E-state index contributed by atoms with van der Waals surface area (Å²) in [6.45, 7) is 9.37. The fraction of sp³-hybridized carbons (Fsp3) is 0.727. The molecule has 0 saturated heterocycles. The van der Waals surface area contributed by atoms with E-state index in [9.17, 15) is 14.4 Å². The highest BCUT2D eigenvalue weighted by molar-refractivity contribution is 6.04. The van der Waals surface area contributed by atoms with Crippen molar-refractivity contribution in [2.24, 2.45) is 5.41 Å². The molecule has 6 nitrogen and oxygen atoms in total. The van der Waals surface area contributed by atoms with Gasteiger partial charge in [-0.25, -0.2) is 10.2 Å². The van der Waals surface area contributed by atoms with Crippen molar-refractivity contribution in [3.05, 3.63) is 0 Å². The Bertz CT molecular complexity index is 329. The first kappa shape index (κ1) is 15.4. The molecule has 17 heavy (non-hydrogen) atoms. The van der Waals surface area contributed by atoms with Crippen LogP contribution in [0.15, 0.2) is 0 Å². The smallest absolute Gasteiger partial charge is 0.426 e. The second-order valence-electron chi connectivity index (χ2n) is 5.26. The maximum absolute atomic E-state index is 11.6. The molecule has 0 rings (SSSR count). The summed E-state index contributed by atoms with van der Waals surface area (Å²) in [6.07, 6.45) is -0.773. The van der Waals surface area contributed by atoms with Crippen molar-refractivity contribution in [1.82, 2.24) is 10.9 Å². The summed E-state index contributed by atoms with van der Waals surface area (Å²) >= 11 is 0. The summed E-state index contributed by atoms with van der Waals surface area (Å²) in [5, 5.41) is 0. The van der Waals surface area contributed by atoms with Gasteiger partial charge in [-0.15, -0.1) is 0 Å². The molecule has 2 amide bonds. The lowest BCUT2D eigenvalue weighted by Gasteiger charge is -2.22. The van der Waals surface area contributed by atoms with Crippen LogP contribution in [0.5, 0.6) is 0 Å². The van der Waals surface area contributed by atoms with E-state index in [1.54, 1.807) is 20.8 Å². The molecule has 0 aliphatic rings. The zero-order chi connectivity index (χ0) is 13.9. The maximum Gasteiger partial charge on any atom is 0.426 e. The average molecular weight is 244 g/mol. The van der Waals surface area contributed by atoms with Crippen LogP contribution in [-0.4, -0.2) is 23.4 Å². The van der Waals surface area contributed by atoms with Gasteiger partial charge in [0.05, 0.1) is 0 Å². The van der Waals surface area contributed by atoms with Crippen molar-refractivity contribution < 1.29 is 19.1 Å². The molecular weight excluding hydrogens is 224 g/mol. The number of hydrazine groups is 1. The summed E-state index contributed by atoms with van der Waals surface area (Å²) in [5.41, 5.74) is 2.40. The third kappa shape index (κ3) is 5.33. The van der Waals surface area contributed by atoms with Crippen molar-refractivity contribution in [3.63, 3.8) is 0 Å². The van der Waals surface area contributed by atoms with Gasteiger partial charge < -0.3 is 4.74 Å². The number of hydrogen-bond acceptors (Lipinski definition) is 4. The lowest BCUT2D eigenvalue weighted by Crippen LogP contribution is -2.50. The van der Waals surface area contributed by atoms with Crippen LogP contribution in [0.2, 0.25) is 0 Å². The Balaban J connectivity index is 4.27. The first-order chi connectivity index (χ1) is 7.47. The largest absolute Gasteiger partial charge is 0.443 e. The SMILES string of the molecule is CC(=O)C(C)(C)C(=O)NNC(=O)OC(C)(C)C. The van der Waals surface area contributed by atoms with E-state index in [0.29, 0.717) is 0 Å². The van der Waals surface area contributed by atoms with E-state index >= 15 is 0 Å². The standard InChI is InChI=1S/C11H20N2O4/c1-7(14)11(5,6)8(15)12-13-9(16)17-10(2,3)4/h1-6H3,(H,12,15)(H,13,16). The molecule has 0 saturated carbocycles. The first-order valence-corrected chi connectivity index (χ1v) is 5.27. The highest BCUT2D eigenvalue weighted by atomic mass is 16.6. The van der Waals surface area contributed by atoms with Gasteiger partial charge >= 0.3 is 6.09 Å². The molecular formula is C11H20N2O4. The van der Waals surface area contributed by atoms with E-state index in [4.69, 9.17) is 4.74 Å². The second kappa shape index (κ2) is 5.16. The van der Waals surface area contributed by atoms with E-state index in [1.165, 1.54) is 20.8 Å². The number of Topliss-reactive ketones (excluding diaryl/α,β-unsaturated/α-hetero) is 1. The molecule has 0 aromatic heterocycles. The molecule has 98 valence electrons. The number of nitrogens with one attached hydrogen (secondary N) is 2. The van der Waals surface area contributed by atoms with E-state index in [0.717, 1.165) is 0 Å². The Morgan fingerprint density at radius 3 is 1.76 bits per heavy atom.